The molecule has 1 aromatic heterocycles. The molecule has 168 valence electrons. The Morgan fingerprint density at radius 3 is 2.59 bits per heavy atom. The Labute approximate surface area is 190 Å². The molecule has 1 heterocycles. The first kappa shape index (κ1) is 23.1. The lowest BCUT2D eigenvalue weighted by Gasteiger charge is -2.11. The second-order valence-corrected chi connectivity index (χ2v) is 7.60. The fourth-order valence-corrected chi connectivity index (χ4v) is 3.81. The Kier molecular flexibility index (Phi) is 7.72. The number of carbonyl (C=O) groups excluding carboxylic acids is 1. The van der Waals surface area contributed by atoms with E-state index in [1.165, 1.54) is 11.8 Å². The average molecular weight is 456 g/mol. The molecule has 2 aromatic carbocycles. The smallest absolute Gasteiger partial charge is 0.250 e. The number of rotatable bonds is 9. The first-order chi connectivity index (χ1) is 15.5. The molecule has 0 spiro atoms. The highest BCUT2D eigenvalue weighted by atomic mass is 32.2. The van der Waals surface area contributed by atoms with Crippen molar-refractivity contribution < 1.29 is 19.4 Å². The number of hydrogen-bond acceptors (Lipinski definition) is 8. The molecule has 0 fully saturated rings. The fraction of sp³-hybridized carbons (Fsp3) is 0.273. The summed E-state index contributed by atoms with van der Waals surface area (Å²) < 4.78 is 12.6. The van der Waals surface area contributed by atoms with Crippen molar-refractivity contribution in [3.05, 3.63) is 48.0 Å². The molecule has 0 unspecified atom stereocenters. The molecule has 3 aromatic rings. The van der Waals surface area contributed by atoms with Crippen molar-refractivity contribution in [1.29, 1.82) is 0 Å². The highest BCUT2D eigenvalue weighted by Gasteiger charge is 2.16. The van der Waals surface area contributed by atoms with Crippen LogP contribution in [0, 0.1) is 0 Å². The molecule has 0 saturated heterocycles. The molecular weight excluding hydrogens is 430 g/mol. The summed E-state index contributed by atoms with van der Waals surface area (Å²) in [5.74, 6) is 1.83. The number of carbonyl (C=O) groups is 1. The highest BCUT2D eigenvalue weighted by Crippen LogP contribution is 2.32. The van der Waals surface area contributed by atoms with Gasteiger partial charge in [-0.3, -0.25) is 4.79 Å². The van der Waals surface area contributed by atoms with Crippen molar-refractivity contribution in [1.82, 2.24) is 20.2 Å². The number of para-hydroxylation sites is 1. The third kappa shape index (κ3) is 5.20. The maximum absolute atomic E-state index is 12.3. The van der Waals surface area contributed by atoms with Gasteiger partial charge in [-0.2, -0.15) is 5.10 Å². The predicted molar refractivity (Wildman–Crippen MR) is 123 cm³/mol. The SMILES string of the molecule is CCn1c(SCC(=O)NN=C(C)c2ccccc2O)nnc1-c1ccc(OC)c(OC)c1. The molecule has 0 aliphatic carbocycles. The van der Waals surface area contributed by atoms with Crippen LogP contribution in [0.5, 0.6) is 17.2 Å². The number of ether oxygens (including phenoxy) is 2. The van der Waals surface area contributed by atoms with E-state index in [1.807, 2.05) is 29.7 Å². The molecule has 0 radical (unpaired) electrons. The van der Waals surface area contributed by atoms with Gasteiger partial charge in [0.2, 0.25) is 0 Å². The van der Waals surface area contributed by atoms with Crippen LogP contribution in [0.25, 0.3) is 11.4 Å². The lowest BCUT2D eigenvalue weighted by molar-refractivity contribution is -0.118. The van der Waals surface area contributed by atoms with Gasteiger partial charge >= 0.3 is 0 Å². The van der Waals surface area contributed by atoms with Crippen molar-refractivity contribution in [2.75, 3.05) is 20.0 Å². The Morgan fingerprint density at radius 2 is 1.91 bits per heavy atom. The van der Waals surface area contributed by atoms with E-state index in [4.69, 9.17) is 9.47 Å². The van der Waals surface area contributed by atoms with Crippen molar-refractivity contribution in [2.45, 2.75) is 25.5 Å². The van der Waals surface area contributed by atoms with Gasteiger partial charge in [0.25, 0.3) is 5.91 Å². The van der Waals surface area contributed by atoms with E-state index >= 15 is 0 Å². The largest absolute Gasteiger partial charge is 0.507 e. The Hall–Kier alpha value is -3.53. The topological polar surface area (TPSA) is 111 Å². The predicted octanol–water partition coefficient (Wildman–Crippen LogP) is 3.32. The van der Waals surface area contributed by atoms with Gasteiger partial charge in [0.15, 0.2) is 22.5 Å². The van der Waals surface area contributed by atoms with Gasteiger partial charge in [0, 0.05) is 17.7 Å². The van der Waals surface area contributed by atoms with E-state index in [1.54, 1.807) is 45.4 Å². The number of nitrogens with one attached hydrogen (secondary N) is 1. The molecule has 2 N–H and O–H groups in total. The maximum atomic E-state index is 12.3. The van der Waals surface area contributed by atoms with Crippen molar-refractivity contribution in [3.63, 3.8) is 0 Å². The number of methoxy groups -OCH3 is 2. The number of phenols is 1. The number of benzene rings is 2. The molecule has 10 heteroatoms. The van der Waals surface area contributed by atoms with Gasteiger partial charge in [-0.25, -0.2) is 5.43 Å². The van der Waals surface area contributed by atoms with E-state index < -0.39 is 0 Å². The summed E-state index contributed by atoms with van der Waals surface area (Å²) in [4.78, 5) is 12.3. The van der Waals surface area contributed by atoms with Crippen LogP contribution in [0.3, 0.4) is 0 Å². The molecule has 0 aliphatic heterocycles. The third-order valence-corrected chi connectivity index (χ3v) is 5.62. The maximum Gasteiger partial charge on any atom is 0.250 e. The van der Waals surface area contributed by atoms with Crippen molar-refractivity contribution in [2.24, 2.45) is 5.10 Å². The Balaban J connectivity index is 1.69. The quantitative estimate of drug-likeness (QED) is 0.289. The van der Waals surface area contributed by atoms with E-state index in [0.717, 1.165) is 5.56 Å². The van der Waals surface area contributed by atoms with Crippen LogP contribution in [0.2, 0.25) is 0 Å². The first-order valence-electron chi connectivity index (χ1n) is 9.88. The minimum Gasteiger partial charge on any atom is -0.507 e. The van der Waals surface area contributed by atoms with Gasteiger partial charge in [0.1, 0.15) is 5.75 Å². The van der Waals surface area contributed by atoms with Crippen LogP contribution in [-0.2, 0) is 11.3 Å². The molecule has 0 aliphatic rings. The van der Waals surface area contributed by atoms with Crippen LogP contribution in [0.4, 0.5) is 0 Å². The van der Waals surface area contributed by atoms with Gasteiger partial charge in [-0.1, -0.05) is 23.9 Å². The van der Waals surface area contributed by atoms with E-state index in [2.05, 4.69) is 20.7 Å². The zero-order valence-electron chi connectivity index (χ0n) is 18.3. The zero-order chi connectivity index (χ0) is 23.1. The second-order valence-electron chi connectivity index (χ2n) is 6.66. The Bertz CT molecular complexity index is 1130. The monoisotopic (exact) mass is 455 g/mol. The van der Waals surface area contributed by atoms with E-state index in [0.29, 0.717) is 40.3 Å². The summed E-state index contributed by atoms with van der Waals surface area (Å²) in [5, 5.41) is 23.1. The summed E-state index contributed by atoms with van der Waals surface area (Å²) in [7, 11) is 3.16. The fourth-order valence-electron chi connectivity index (χ4n) is 3.02. The average Bonchev–Trinajstić information content (AvgIpc) is 3.23. The lowest BCUT2D eigenvalue weighted by Crippen LogP contribution is -2.21. The van der Waals surface area contributed by atoms with Crippen LogP contribution in [0.15, 0.2) is 52.7 Å². The van der Waals surface area contributed by atoms with Crippen LogP contribution in [-0.4, -0.2) is 51.5 Å². The van der Waals surface area contributed by atoms with Gasteiger partial charge < -0.3 is 19.1 Å². The number of amides is 1. The number of hydrazone groups is 1. The van der Waals surface area contributed by atoms with E-state index in [9.17, 15) is 9.90 Å². The van der Waals surface area contributed by atoms with Gasteiger partial charge in [-0.15, -0.1) is 10.2 Å². The second kappa shape index (κ2) is 10.7. The lowest BCUT2D eigenvalue weighted by atomic mass is 10.1. The number of aromatic nitrogens is 3. The van der Waals surface area contributed by atoms with Crippen LogP contribution >= 0.6 is 11.8 Å². The summed E-state index contributed by atoms with van der Waals surface area (Å²) in [5.41, 5.74) is 4.41. The van der Waals surface area contributed by atoms with Crippen LogP contribution < -0.4 is 14.9 Å². The number of phenolic OH excluding ortho intramolecular Hbond substituents is 1. The number of aromatic hydroxyl groups is 1. The Morgan fingerprint density at radius 1 is 1.16 bits per heavy atom. The molecular formula is C22H25N5O4S. The number of thioether (sulfide) groups is 1. The number of hydrogen-bond donors (Lipinski definition) is 2. The zero-order valence-corrected chi connectivity index (χ0v) is 19.1. The minimum atomic E-state index is -0.289. The molecule has 9 nitrogen and oxygen atoms in total. The number of nitrogens with zero attached hydrogens (tertiary/aromatic N) is 4. The first-order valence-corrected chi connectivity index (χ1v) is 10.9. The highest BCUT2D eigenvalue weighted by molar-refractivity contribution is 7.99. The molecule has 3 rings (SSSR count). The van der Waals surface area contributed by atoms with Gasteiger partial charge in [0.05, 0.1) is 25.7 Å². The minimum absolute atomic E-state index is 0.108. The van der Waals surface area contributed by atoms with Crippen molar-refractivity contribution in [3.8, 4) is 28.6 Å². The molecule has 32 heavy (non-hydrogen) atoms. The third-order valence-electron chi connectivity index (χ3n) is 4.65. The summed E-state index contributed by atoms with van der Waals surface area (Å²) in [6.07, 6.45) is 0. The van der Waals surface area contributed by atoms with Crippen LogP contribution in [0.1, 0.15) is 19.4 Å². The summed E-state index contributed by atoms with van der Waals surface area (Å²) in [6.45, 7) is 4.33. The van der Waals surface area contributed by atoms with Gasteiger partial charge in [-0.05, 0) is 44.2 Å². The molecule has 0 bridgehead atoms. The summed E-state index contributed by atoms with van der Waals surface area (Å²) >= 11 is 1.27. The standard InChI is InChI=1S/C22H25N5O4S/c1-5-27-21(15-10-11-18(30-3)19(12-15)31-4)25-26-22(27)32-13-20(29)24-23-14(2)16-8-6-7-9-17(16)28/h6-12,28H,5,13H2,1-4H3,(H,24,29). The molecule has 1 amide bonds. The summed E-state index contributed by atoms with van der Waals surface area (Å²) in [6, 6.07) is 12.4. The normalized spacial score (nSPS) is 11.3. The molecule has 0 atom stereocenters. The van der Waals surface area contributed by atoms with Crippen molar-refractivity contribution >= 4 is 23.4 Å². The molecule has 0 saturated carbocycles. The van der Waals surface area contributed by atoms with E-state index in [-0.39, 0.29) is 17.4 Å².